The van der Waals surface area contributed by atoms with Crippen LogP contribution in [0.3, 0.4) is 0 Å². The second-order valence-corrected chi connectivity index (χ2v) is 6.55. The molecule has 0 spiro atoms. The van der Waals surface area contributed by atoms with Crippen molar-refractivity contribution < 1.29 is 4.79 Å². The molecule has 2 rings (SSSR count). The van der Waals surface area contributed by atoms with Crippen LogP contribution in [-0.2, 0) is 4.79 Å². The summed E-state index contributed by atoms with van der Waals surface area (Å²) < 4.78 is 0. The molecule has 2 aliphatic carbocycles. The van der Waals surface area contributed by atoms with Crippen molar-refractivity contribution in [3.05, 3.63) is 0 Å². The predicted molar refractivity (Wildman–Crippen MR) is 82.5 cm³/mol. The normalized spacial score (nSPS) is 23.1. The quantitative estimate of drug-likeness (QED) is 0.783. The van der Waals surface area contributed by atoms with Crippen molar-refractivity contribution in [3.8, 4) is 0 Å². The topological polar surface area (TPSA) is 58.4 Å². The van der Waals surface area contributed by atoms with E-state index in [2.05, 4.69) is 17.1 Å². The summed E-state index contributed by atoms with van der Waals surface area (Å²) >= 11 is 0. The summed E-state index contributed by atoms with van der Waals surface area (Å²) in [6, 6.07) is 0.418. The molecule has 0 aromatic heterocycles. The van der Waals surface area contributed by atoms with E-state index in [0.29, 0.717) is 19.1 Å². The smallest absolute Gasteiger partial charge is 0.234 e. The first-order chi connectivity index (χ1) is 9.70. The molecule has 0 heterocycles. The van der Waals surface area contributed by atoms with E-state index in [1.165, 1.54) is 32.1 Å². The average molecular weight is 281 g/mol. The van der Waals surface area contributed by atoms with E-state index < -0.39 is 0 Å². The zero-order chi connectivity index (χ0) is 14.4. The van der Waals surface area contributed by atoms with Crippen LogP contribution in [0.4, 0.5) is 0 Å². The number of carbonyl (C=O) groups excluding carboxylic acids is 1. The lowest BCUT2D eigenvalue weighted by Gasteiger charge is -2.45. The van der Waals surface area contributed by atoms with Crippen LogP contribution < -0.4 is 11.1 Å². The van der Waals surface area contributed by atoms with Gasteiger partial charge in [0.2, 0.25) is 5.91 Å². The third-order valence-electron chi connectivity index (χ3n) is 5.27. The molecule has 2 aliphatic rings. The first-order valence-electron chi connectivity index (χ1n) is 8.44. The molecule has 0 unspecified atom stereocenters. The molecule has 20 heavy (non-hydrogen) atoms. The molecule has 2 fully saturated rings. The van der Waals surface area contributed by atoms with Crippen molar-refractivity contribution in [1.29, 1.82) is 0 Å². The van der Waals surface area contributed by atoms with Crippen LogP contribution in [0.2, 0.25) is 0 Å². The number of hydrogen-bond donors (Lipinski definition) is 2. The second-order valence-electron chi connectivity index (χ2n) is 6.55. The van der Waals surface area contributed by atoms with Gasteiger partial charge in [0.05, 0.1) is 6.54 Å². The van der Waals surface area contributed by atoms with E-state index in [-0.39, 0.29) is 11.4 Å². The van der Waals surface area contributed by atoms with Crippen molar-refractivity contribution in [2.75, 3.05) is 19.6 Å². The van der Waals surface area contributed by atoms with Gasteiger partial charge in [-0.2, -0.15) is 0 Å². The van der Waals surface area contributed by atoms with Crippen molar-refractivity contribution in [2.45, 2.75) is 76.3 Å². The number of nitrogens with one attached hydrogen (secondary N) is 1. The van der Waals surface area contributed by atoms with Crippen LogP contribution in [0.15, 0.2) is 0 Å². The van der Waals surface area contributed by atoms with E-state index in [1.807, 2.05) is 0 Å². The van der Waals surface area contributed by atoms with Gasteiger partial charge in [0.15, 0.2) is 0 Å². The van der Waals surface area contributed by atoms with Gasteiger partial charge in [-0.15, -0.1) is 0 Å². The maximum absolute atomic E-state index is 12.3. The number of amides is 1. The largest absolute Gasteiger partial charge is 0.352 e. The molecule has 4 heteroatoms. The van der Waals surface area contributed by atoms with Crippen LogP contribution in [-0.4, -0.2) is 42.0 Å². The van der Waals surface area contributed by atoms with Gasteiger partial charge in [0.1, 0.15) is 0 Å². The van der Waals surface area contributed by atoms with E-state index in [4.69, 9.17) is 5.73 Å². The predicted octanol–water partition coefficient (Wildman–Crippen LogP) is 2.03. The van der Waals surface area contributed by atoms with Crippen molar-refractivity contribution >= 4 is 5.91 Å². The van der Waals surface area contributed by atoms with Crippen LogP contribution in [0.5, 0.6) is 0 Å². The molecule has 116 valence electrons. The lowest BCUT2D eigenvalue weighted by atomic mass is 9.80. The monoisotopic (exact) mass is 281 g/mol. The summed E-state index contributed by atoms with van der Waals surface area (Å²) in [4.78, 5) is 14.6. The fraction of sp³-hybridized carbons (Fsp3) is 0.938. The molecule has 0 radical (unpaired) electrons. The van der Waals surface area contributed by atoms with Gasteiger partial charge >= 0.3 is 0 Å². The molecule has 0 bridgehead atoms. The summed E-state index contributed by atoms with van der Waals surface area (Å²) in [5, 5.41) is 3.20. The molecule has 3 N–H and O–H groups in total. The minimum absolute atomic E-state index is 0.0695. The van der Waals surface area contributed by atoms with Gasteiger partial charge in [-0.05, 0) is 32.2 Å². The van der Waals surface area contributed by atoms with Gasteiger partial charge in [0.25, 0.3) is 0 Å². The zero-order valence-corrected chi connectivity index (χ0v) is 13.0. The Bertz CT molecular complexity index is 307. The maximum atomic E-state index is 12.3. The maximum Gasteiger partial charge on any atom is 0.234 e. The van der Waals surface area contributed by atoms with Crippen molar-refractivity contribution in [2.24, 2.45) is 5.73 Å². The Hall–Kier alpha value is -0.610. The molecular formula is C16H31N3O. The fourth-order valence-corrected chi connectivity index (χ4v) is 3.99. The second kappa shape index (κ2) is 7.41. The summed E-state index contributed by atoms with van der Waals surface area (Å²) in [6.45, 7) is 4.26. The van der Waals surface area contributed by atoms with Crippen LogP contribution in [0.1, 0.15) is 64.7 Å². The van der Waals surface area contributed by atoms with Crippen LogP contribution in [0.25, 0.3) is 0 Å². The lowest BCUT2D eigenvalue weighted by Crippen LogP contribution is -2.57. The Kier molecular flexibility index (Phi) is 5.85. The standard InChI is InChI=1S/C16H31N3O/c1-2-19(16(13-17)10-6-3-7-11-16)12-15(20)18-14-8-4-5-9-14/h14H,2-13,17H2,1H3,(H,18,20). The Morgan fingerprint density at radius 1 is 1.20 bits per heavy atom. The highest BCUT2D eigenvalue weighted by atomic mass is 16.2. The highest BCUT2D eigenvalue weighted by molar-refractivity contribution is 5.78. The van der Waals surface area contributed by atoms with Gasteiger partial charge < -0.3 is 11.1 Å². The number of nitrogens with zero attached hydrogens (tertiary/aromatic N) is 1. The van der Waals surface area contributed by atoms with Gasteiger partial charge in [0, 0.05) is 18.1 Å². The zero-order valence-electron chi connectivity index (χ0n) is 13.0. The molecule has 2 saturated carbocycles. The first-order valence-corrected chi connectivity index (χ1v) is 8.44. The fourth-order valence-electron chi connectivity index (χ4n) is 3.99. The molecule has 4 nitrogen and oxygen atoms in total. The lowest BCUT2D eigenvalue weighted by molar-refractivity contribution is -0.125. The third-order valence-corrected chi connectivity index (χ3v) is 5.27. The Balaban J connectivity index is 1.90. The number of rotatable bonds is 6. The number of hydrogen-bond acceptors (Lipinski definition) is 3. The Morgan fingerprint density at radius 3 is 2.40 bits per heavy atom. The van der Waals surface area contributed by atoms with Crippen molar-refractivity contribution in [1.82, 2.24) is 10.2 Å². The average Bonchev–Trinajstić information content (AvgIpc) is 2.98. The number of nitrogens with two attached hydrogens (primary N) is 1. The molecule has 1 amide bonds. The molecule has 0 aliphatic heterocycles. The number of carbonyl (C=O) groups is 1. The first kappa shape index (κ1) is 15.8. The Labute approximate surface area is 123 Å². The minimum atomic E-state index is 0.0695. The van der Waals surface area contributed by atoms with Gasteiger partial charge in [-0.1, -0.05) is 39.0 Å². The summed E-state index contributed by atoms with van der Waals surface area (Å²) in [6.07, 6.45) is 10.9. The SMILES string of the molecule is CCN(CC(=O)NC1CCCC1)C1(CN)CCCCC1. The van der Waals surface area contributed by atoms with Crippen molar-refractivity contribution in [3.63, 3.8) is 0 Å². The number of likely N-dealkylation sites (N-methyl/N-ethyl adjacent to an activating group) is 1. The highest BCUT2D eigenvalue weighted by Gasteiger charge is 2.36. The molecule has 0 saturated heterocycles. The van der Waals surface area contributed by atoms with E-state index in [0.717, 1.165) is 32.2 Å². The van der Waals surface area contributed by atoms with Crippen LogP contribution in [0, 0.1) is 0 Å². The summed E-state index contributed by atoms with van der Waals surface area (Å²) in [5.41, 5.74) is 6.15. The Morgan fingerprint density at radius 2 is 1.85 bits per heavy atom. The van der Waals surface area contributed by atoms with E-state index in [9.17, 15) is 4.79 Å². The molecule has 0 aromatic rings. The highest BCUT2D eigenvalue weighted by Crippen LogP contribution is 2.32. The van der Waals surface area contributed by atoms with E-state index in [1.54, 1.807) is 0 Å². The molecular weight excluding hydrogens is 250 g/mol. The van der Waals surface area contributed by atoms with Crippen LogP contribution >= 0.6 is 0 Å². The van der Waals surface area contributed by atoms with E-state index >= 15 is 0 Å². The van der Waals surface area contributed by atoms with Gasteiger partial charge in [-0.25, -0.2) is 0 Å². The minimum Gasteiger partial charge on any atom is -0.352 e. The molecule has 0 atom stereocenters. The molecule has 0 aromatic carbocycles. The van der Waals surface area contributed by atoms with Gasteiger partial charge in [-0.3, -0.25) is 9.69 Å². The third kappa shape index (κ3) is 3.73. The summed E-state index contributed by atoms with van der Waals surface area (Å²) in [5.74, 6) is 0.192. The summed E-state index contributed by atoms with van der Waals surface area (Å²) in [7, 11) is 0.